The van der Waals surface area contributed by atoms with Crippen LogP contribution in [-0.4, -0.2) is 29.2 Å². The number of H-pyrrole nitrogens is 1. The standard InChI is InChI=1S/C17H22N4O/c1-11-16(12(2)21-20-11)10-19-17(22)14-5-3-13(4-6-14)15-7-8-18-9-15/h3-6,15,18H,7-10H2,1-2H3,(H,19,22)(H,20,21). The van der Waals surface area contributed by atoms with Gasteiger partial charge in [0.25, 0.3) is 5.91 Å². The molecule has 5 heteroatoms. The highest BCUT2D eigenvalue weighted by Gasteiger charge is 2.17. The van der Waals surface area contributed by atoms with E-state index in [4.69, 9.17) is 0 Å². The lowest BCUT2D eigenvalue weighted by Gasteiger charge is -2.10. The number of nitrogens with zero attached hydrogens (tertiary/aromatic N) is 1. The Labute approximate surface area is 130 Å². The van der Waals surface area contributed by atoms with Crippen LogP contribution in [0, 0.1) is 13.8 Å². The molecule has 1 aliphatic rings. The highest BCUT2D eigenvalue weighted by Crippen LogP contribution is 2.22. The van der Waals surface area contributed by atoms with Gasteiger partial charge < -0.3 is 10.6 Å². The van der Waals surface area contributed by atoms with Gasteiger partial charge in [0.05, 0.1) is 5.69 Å². The molecule has 1 aromatic heterocycles. The van der Waals surface area contributed by atoms with Crippen molar-refractivity contribution in [3.8, 4) is 0 Å². The largest absolute Gasteiger partial charge is 0.348 e. The lowest BCUT2D eigenvalue weighted by atomic mass is 9.97. The zero-order chi connectivity index (χ0) is 15.5. The molecule has 2 aromatic rings. The number of aromatic amines is 1. The molecule has 1 fully saturated rings. The van der Waals surface area contributed by atoms with E-state index in [1.807, 2.05) is 26.0 Å². The fraction of sp³-hybridized carbons (Fsp3) is 0.412. The van der Waals surface area contributed by atoms with E-state index >= 15 is 0 Å². The number of carbonyl (C=O) groups excluding carboxylic acids is 1. The number of hydrogen-bond donors (Lipinski definition) is 3. The topological polar surface area (TPSA) is 69.8 Å². The highest BCUT2D eigenvalue weighted by molar-refractivity contribution is 5.94. The van der Waals surface area contributed by atoms with E-state index in [1.54, 1.807) is 0 Å². The normalized spacial score (nSPS) is 17.6. The van der Waals surface area contributed by atoms with Gasteiger partial charge in [-0.15, -0.1) is 0 Å². The molecule has 2 heterocycles. The number of aromatic nitrogens is 2. The zero-order valence-electron chi connectivity index (χ0n) is 13.1. The Morgan fingerprint density at radius 1 is 1.32 bits per heavy atom. The predicted octanol–water partition coefficient (Wildman–Crippen LogP) is 2.03. The molecule has 1 unspecified atom stereocenters. The smallest absolute Gasteiger partial charge is 0.251 e. The summed E-state index contributed by atoms with van der Waals surface area (Å²) in [6, 6.07) is 7.97. The summed E-state index contributed by atoms with van der Waals surface area (Å²) >= 11 is 0. The summed E-state index contributed by atoms with van der Waals surface area (Å²) in [4.78, 5) is 12.2. The van der Waals surface area contributed by atoms with Crippen molar-refractivity contribution in [2.45, 2.75) is 32.7 Å². The van der Waals surface area contributed by atoms with Crippen molar-refractivity contribution >= 4 is 5.91 Å². The lowest BCUT2D eigenvalue weighted by Crippen LogP contribution is -2.23. The summed E-state index contributed by atoms with van der Waals surface area (Å²) in [5, 5.41) is 13.4. The van der Waals surface area contributed by atoms with Crippen molar-refractivity contribution in [3.63, 3.8) is 0 Å². The molecule has 0 spiro atoms. The van der Waals surface area contributed by atoms with E-state index in [1.165, 1.54) is 12.0 Å². The van der Waals surface area contributed by atoms with Crippen LogP contribution in [0.1, 0.15) is 45.2 Å². The van der Waals surface area contributed by atoms with E-state index in [9.17, 15) is 4.79 Å². The van der Waals surface area contributed by atoms with Gasteiger partial charge in [-0.05, 0) is 50.4 Å². The first-order chi connectivity index (χ1) is 10.6. The fourth-order valence-electron chi connectivity index (χ4n) is 2.95. The van der Waals surface area contributed by atoms with Gasteiger partial charge in [0.2, 0.25) is 0 Å². The van der Waals surface area contributed by atoms with Crippen molar-refractivity contribution in [1.29, 1.82) is 0 Å². The number of benzene rings is 1. The van der Waals surface area contributed by atoms with Crippen LogP contribution in [-0.2, 0) is 6.54 Å². The summed E-state index contributed by atoms with van der Waals surface area (Å²) in [5.74, 6) is 0.532. The van der Waals surface area contributed by atoms with Crippen molar-refractivity contribution < 1.29 is 4.79 Å². The fourth-order valence-corrected chi connectivity index (χ4v) is 2.95. The molecule has 1 atom stereocenters. The number of carbonyl (C=O) groups is 1. The molecule has 5 nitrogen and oxygen atoms in total. The molecule has 1 amide bonds. The molecule has 0 bridgehead atoms. The monoisotopic (exact) mass is 298 g/mol. The Bertz CT molecular complexity index is 634. The van der Waals surface area contributed by atoms with Crippen molar-refractivity contribution in [2.75, 3.05) is 13.1 Å². The van der Waals surface area contributed by atoms with Gasteiger partial charge in [0.1, 0.15) is 0 Å². The number of aryl methyl sites for hydroxylation is 2. The van der Waals surface area contributed by atoms with Crippen LogP contribution in [0.15, 0.2) is 24.3 Å². The molecule has 116 valence electrons. The first-order valence-electron chi connectivity index (χ1n) is 7.74. The van der Waals surface area contributed by atoms with Crippen LogP contribution < -0.4 is 10.6 Å². The van der Waals surface area contributed by atoms with Crippen LogP contribution in [0.3, 0.4) is 0 Å². The number of nitrogens with one attached hydrogen (secondary N) is 3. The maximum atomic E-state index is 12.2. The first kappa shape index (κ1) is 14.8. The summed E-state index contributed by atoms with van der Waals surface area (Å²) in [5.41, 5.74) is 5.00. The number of hydrogen-bond acceptors (Lipinski definition) is 3. The van der Waals surface area contributed by atoms with Gasteiger partial charge in [0.15, 0.2) is 0 Å². The summed E-state index contributed by atoms with van der Waals surface area (Å²) < 4.78 is 0. The minimum Gasteiger partial charge on any atom is -0.348 e. The predicted molar refractivity (Wildman–Crippen MR) is 85.9 cm³/mol. The van der Waals surface area contributed by atoms with Gasteiger partial charge in [-0.3, -0.25) is 9.89 Å². The first-order valence-corrected chi connectivity index (χ1v) is 7.74. The van der Waals surface area contributed by atoms with Crippen LogP contribution in [0.4, 0.5) is 0 Å². The maximum Gasteiger partial charge on any atom is 0.251 e. The average Bonchev–Trinajstić information content (AvgIpc) is 3.17. The maximum absolute atomic E-state index is 12.2. The zero-order valence-corrected chi connectivity index (χ0v) is 13.1. The van der Waals surface area contributed by atoms with E-state index < -0.39 is 0 Å². The third kappa shape index (κ3) is 3.04. The molecular formula is C17H22N4O. The SMILES string of the molecule is Cc1n[nH]c(C)c1CNC(=O)c1ccc(C2CCNC2)cc1. The van der Waals surface area contributed by atoms with Crippen LogP contribution in [0.25, 0.3) is 0 Å². The Hall–Kier alpha value is -2.14. The second-order valence-electron chi connectivity index (χ2n) is 5.91. The Morgan fingerprint density at radius 3 is 2.68 bits per heavy atom. The number of amides is 1. The van der Waals surface area contributed by atoms with Gasteiger partial charge >= 0.3 is 0 Å². The van der Waals surface area contributed by atoms with Crippen molar-refractivity contribution in [1.82, 2.24) is 20.8 Å². The quantitative estimate of drug-likeness (QED) is 0.809. The van der Waals surface area contributed by atoms with Crippen molar-refractivity contribution in [2.24, 2.45) is 0 Å². The second kappa shape index (κ2) is 6.32. The van der Waals surface area contributed by atoms with Crippen LogP contribution >= 0.6 is 0 Å². The summed E-state index contributed by atoms with van der Waals surface area (Å²) in [6.07, 6.45) is 1.17. The van der Waals surface area contributed by atoms with Crippen molar-refractivity contribution in [3.05, 3.63) is 52.3 Å². The Kier molecular flexibility index (Phi) is 4.24. The summed E-state index contributed by atoms with van der Waals surface area (Å²) in [6.45, 7) is 6.52. The van der Waals surface area contributed by atoms with Gasteiger partial charge in [-0.25, -0.2) is 0 Å². The Morgan fingerprint density at radius 2 is 2.09 bits per heavy atom. The van der Waals surface area contributed by atoms with Crippen LogP contribution in [0.2, 0.25) is 0 Å². The minimum absolute atomic E-state index is 0.0453. The summed E-state index contributed by atoms with van der Waals surface area (Å²) in [7, 11) is 0. The lowest BCUT2D eigenvalue weighted by molar-refractivity contribution is 0.0951. The molecule has 0 radical (unpaired) electrons. The highest BCUT2D eigenvalue weighted by atomic mass is 16.1. The van der Waals surface area contributed by atoms with Gasteiger partial charge in [-0.2, -0.15) is 5.10 Å². The Balaban J connectivity index is 1.62. The molecular weight excluding hydrogens is 276 g/mol. The van der Waals surface area contributed by atoms with E-state index in [2.05, 4.69) is 33.0 Å². The molecule has 0 saturated carbocycles. The third-order valence-electron chi connectivity index (χ3n) is 4.41. The van der Waals surface area contributed by atoms with E-state index in [0.717, 1.165) is 30.0 Å². The number of rotatable bonds is 4. The molecule has 0 aliphatic carbocycles. The average molecular weight is 298 g/mol. The molecule has 3 rings (SSSR count). The van der Waals surface area contributed by atoms with Gasteiger partial charge in [0, 0.05) is 29.9 Å². The third-order valence-corrected chi connectivity index (χ3v) is 4.41. The molecule has 22 heavy (non-hydrogen) atoms. The molecule has 1 aromatic carbocycles. The minimum atomic E-state index is -0.0453. The van der Waals surface area contributed by atoms with Crippen LogP contribution in [0.5, 0.6) is 0 Å². The van der Waals surface area contributed by atoms with E-state index in [-0.39, 0.29) is 5.91 Å². The van der Waals surface area contributed by atoms with Gasteiger partial charge in [-0.1, -0.05) is 12.1 Å². The molecule has 1 saturated heterocycles. The van der Waals surface area contributed by atoms with E-state index in [0.29, 0.717) is 18.0 Å². The molecule has 3 N–H and O–H groups in total. The second-order valence-corrected chi connectivity index (χ2v) is 5.91. The molecule has 1 aliphatic heterocycles.